The highest BCUT2D eigenvalue weighted by Crippen LogP contribution is 2.08. The number of aryl methyl sites for hydroxylation is 1. The third-order valence-electron chi connectivity index (χ3n) is 2.21. The summed E-state index contributed by atoms with van der Waals surface area (Å²) in [5.41, 5.74) is 1.98. The molecule has 0 saturated carbocycles. The van der Waals surface area contributed by atoms with Gasteiger partial charge in [0.2, 0.25) is 0 Å². The van der Waals surface area contributed by atoms with Gasteiger partial charge in [0.1, 0.15) is 11.8 Å². The molecule has 1 heterocycles. The molecule has 2 rings (SSSR count). The first-order chi connectivity index (χ1) is 8.24. The minimum atomic E-state index is 0.371. The molecule has 4 heteroatoms. The predicted molar refractivity (Wildman–Crippen MR) is 66.7 cm³/mol. The van der Waals surface area contributed by atoms with Crippen LogP contribution < -0.4 is 0 Å². The van der Waals surface area contributed by atoms with Gasteiger partial charge in [-0.25, -0.2) is 9.97 Å². The first kappa shape index (κ1) is 12.0. The van der Waals surface area contributed by atoms with E-state index >= 15 is 0 Å². The van der Waals surface area contributed by atoms with Gasteiger partial charge in [0.05, 0.1) is 6.61 Å². The van der Waals surface area contributed by atoms with Gasteiger partial charge in [-0.15, -0.1) is 0 Å². The summed E-state index contributed by atoms with van der Waals surface area (Å²) in [7, 11) is 0. The van der Waals surface area contributed by atoms with Crippen LogP contribution in [-0.2, 0) is 18.0 Å². The lowest BCUT2D eigenvalue weighted by atomic mass is 10.2. The van der Waals surface area contributed by atoms with Crippen molar-refractivity contribution in [3.8, 4) is 0 Å². The van der Waals surface area contributed by atoms with Gasteiger partial charge in [-0.2, -0.15) is 0 Å². The van der Waals surface area contributed by atoms with E-state index in [1.54, 1.807) is 6.07 Å². The Labute approximate surface area is 105 Å². The van der Waals surface area contributed by atoms with Gasteiger partial charge < -0.3 is 4.74 Å². The second-order valence-electron chi connectivity index (χ2n) is 3.73. The Hall–Kier alpha value is -1.45. The molecule has 0 saturated heterocycles. The van der Waals surface area contributed by atoms with Crippen molar-refractivity contribution >= 4 is 11.6 Å². The molecule has 0 radical (unpaired) electrons. The third-order valence-corrected chi connectivity index (χ3v) is 2.41. The maximum Gasteiger partial charge on any atom is 0.155 e. The van der Waals surface area contributed by atoms with Crippen LogP contribution in [0.5, 0.6) is 0 Å². The second kappa shape index (κ2) is 5.75. The summed E-state index contributed by atoms with van der Waals surface area (Å²) in [5, 5.41) is 0.454. The number of rotatable bonds is 4. The normalized spacial score (nSPS) is 10.5. The van der Waals surface area contributed by atoms with Crippen molar-refractivity contribution in [1.82, 2.24) is 9.97 Å². The fraction of sp³-hybridized carbons (Fsp3) is 0.231. The van der Waals surface area contributed by atoms with E-state index in [1.165, 1.54) is 0 Å². The quantitative estimate of drug-likeness (QED) is 0.780. The first-order valence-corrected chi connectivity index (χ1v) is 5.73. The molecule has 0 aliphatic heterocycles. The molecule has 0 atom stereocenters. The van der Waals surface area contributed by atoms with E-state index < -0.39 is 0 Å². The molecule has 3 nitrogen and oxygen atoms in total. The molecule has 0 unspecified atom stereocenters. The highest BCUT2D eigenvalue weighted by atomic mass is 35.5. The minimum Gasteiger partial charge on any atom is -0.369 e. The standard InChI is InChI=1S/C13H13ClN2O/c1-10-7-12(14)16-13(15-10)9-17-8-11-5-3-2-4-6-11/h2-7H,8-9H2,1H3. The van der Waals surface area contributed by atoms with Crippen LogP contribution in [0.2, 0.25) is 5.15 Å². The SMILES string of the molecule is Cc1cc(Cl)nc(COCc2ccccc2)n1. The second-order valence-corrected chi connectivity index (χ2v) is 4.11. The average molecular weight is 249 g/mol. The van der Waals surface area contributed by atoms with Gasteiger partial charge >= 0.3 is 0 Å². The molecule has 0 fully saturated rings. The Kier molecular flexibility index (Phi) is 4.07. The summed E-state index contributed by atoms with van der Waals surface area (Å²) in [5.74, 6) is 0.617. The van der Waals surface area contributed by atoms with Crippen LogP contribution >= 0.6 is 11.6 Å². The number of ether oxygens (including phenoxy) is 1. The highest BCUT2D eigenvalue weighted by molar-refractivity contribution is 6.29. The monoisotopic (exact) mass is 248 g/mol. The zero-order chi connectivity index (χ0) is 12.1. The van der Waals surface area contributed by atoms with Crippen molar-refractivity contribution in [3.05, 3.63) is 58.6 Å². The van der Waals surface area contributed by atoms with Crippen LogP contribution in [0.15, 0.2) is 36.4 Å². The van der Waals surface area contributed by atoms with Gasteiger partial charge in [-0.1, -0.05) is 41.9 Å². The van der Waals surface area contributed by atoms with Crippen molar-refractivity contribution in [2.24, 2.45) is 0 Å². The number of aromatic nitrogens is 2. The molecule has 0 aliphatic carbocycles. The maximum absolute atomic E-state index is 5.84. The van der Waals surface area contributed by atoms with E-state index in [0.717, 1.165) is 11.3 Å². The lowest BCUT2D eigenvalue weighted by Gasteiger charge is -2.04. The zero-order valence-electron chi connectivity index (χ0n) is 9.56. The Bertz CT molecular complexity index is 468. The van der Waals surface area contributed by atoms with E-state index in [2.05, 4.69) is 9.97 Å². The van der Waals surface area contributed by atoms with Crippen LogP contribution in [0.1, 0.15) is 17.1 Å². The fourth-order valence-corrected chi connectivity index (χ4v) is 1.74. The van der Waals surface area contributed by atoms with Gasteiger partial charge in [0, 0.05) is 5.69 Å². The van der Waals surface area contributed by atoms with Gasteiger partial charge in [-0.3, -0.25) is 0 Å². The number of hydrogen-bond acceptors (Lipinski definition) is 3. The summed E-state index contributed by atoms with van der Waals surface area (Å²) in [6.07, 6.45) is 0. The molecule has 2 aromatic rings. The third kappa shape index (κ3) is 3.80. The van der Waals surface area contributed by atoms with E-state index in [4.69, 9.17) is 16.3 Å². The van der Waals surface area contributed by atoms with Crippen molar-refractivity contribution in [2.75, 3.05) is 0 Å². The number of nitrogens with zero attached hydrogens (tertiary/aromatic N) is 2. The fourth-order valence-electron chi connectivity index (χ4n) is 1.49. The minimum absolute atomic E-state index is 0.371. The van der Waals surface area contributed by atoms with Crippen molar-refractivity contribution in [2.45, 2.75) is 20.1 Å². The summed E-state index contributed by atoms with van der Waals surface area (Å²) >= 11 is 5.84. The molecule has 0 amide bonds. The van der Waals surface area contributed by atoms with Crippen LogP contribution in [0, 0.1) is 6.92 Å². The predicted octanol–water partition coefficient (Wildman–Crippen LogP) is 3.16. The van der Waals surface area contributed by atoms with Gasteiger partial charge in [0.25, 0.3) is 0 Å². The average Bonchev–Trinajstić information content (AvgIpc) is 2.29. The maximum atomic E-state index is 5.84. The smallest absolute Gasteiger partial charge is 0.155 e. The number of benzene rings is 1. The van der Waals surface area contributed by atoms with Gasteiger partial charge in [0.15, 0.2) is 5.82 Å². The largest absolute Gasteiger partial charge is 0.369 e. The molecule has 17 heavy (non-hydrogen) atoms. The highest BCUT2D eigenvalue weighted by Gasteiger charge is 2.01. The number of hydrogen-bond donors (Lipinski definition) is 0. The lowest BCUT2D eigenvalue weighted by molar-refractivity contribution is 0.102. The summed E-state index contributed by atoms with van der Waals surface area (Å²) in [6.45, 7) is 2.81. The first-order valence-electron chi connectivity index (χ1n) is 5.36. The van der Waals surface area contributed by atoms with Crippen molar-refractivity contribution in [1.29, 1.82) is 0 Å². The topological polar surface area (TPSA) is 35.0 Å². The lowest BCUT2D eigenvalue weighted by Crippen LogP contribution is -2.01. The Morgan fingerprint density at radius 3 is 2.59 bits per heavy atom. The van der Waals surface area contributed by atoms with E-state index in [-0.39, 0.29) is 0 Å². The molecule has 0 N–H and O–H groups in total. The molecule has 1 aromatic heterocycles. The summed E-state index contributed by atoms with van der Waals surface area (Å²) in [4.78, 5) is 8.34. The van der Waals surface area contributed by atoms with Crippen molar-refractivity contribution < 1.29 is 4.74 Å². The van der Waals surface area contributed by atoms with Crippen LogP contribution in [0.25, 0.3) is 0 Å². The molecule has 88 valence electrons. The Morgan fingerprint density at radius 1 is 1.12 bits per heavy atom. The number of halogens is 1. The Balaban J connectivity index is 1.90. The van der Waals surface area contributed by atoms with E-state index in [9.17, 15) is 0 Å². The Morgan fingerprint density at radius 2 is 1.88 bits per heavy atom. The van der Waals surface area contributed by atoms with Gasteiger partial charge in [-0.05, 0) is 18.6 Å². The molecular weight excluding hydrogens is 236 g/mol. The zero-order valence-corrected chi connectivity index (χ0v) is 10.3. The van der Waals surface area contributed by atoms with E-state index in [1.807, 2.05) is 37.3 Å². The van der Waals surface area contributed by atoms with Crippen LogP contribution in [0.3, 0.4) is 0 Å². The van der Waals surface area contributed by atoms with E-state index in [0.29, 0.717) is 24.2 Å². The summed E-state index contributed by atoms with van der Waals surface area (Å²) < 4.78 is 5.53. The van der Waals surface area contributed by atoms with Crippen LogP contribution in [-0.4, -0.2) is 9.97 Å². The molecule has 0 spiro atoms. The van der Waals surface area contributed by atoms with Crippen molar-refractivity contribution in [3.63, 3.8) is 0 Å². The molecular formula is C13H13ClN2O. The molecule has 0 aliphatic rings. The molecule has 1 aromatic carbocycles. The summed E-state index contributed by atoms with van der Waals surface area (Å²) in [6, 6.07) is 11.7. The molecule has 0 bridgehead atoms. The van der Waals surface area contributed by atoms with Crippen LogP contribution in [0.4, 0.5) is 0 Å².